The number of benzene rings is 2. The molecule has 1 aliphatic rings. The van der Waals surface area contributed by atoms with E-state index in [0.717, 1.165) is 33.4 Å². The van der Waals surface area contributed by atoms with Gasteiger partial charge in [-0.15, -0.1) is 0 Å². The fourth-order valence-corrected chi connectivity index (χ4v) is 6.28. The molecule has 200 valence electrons. The Bertz CT molecular complexity index is 1150. The molecule has 1 heterocycles. The molecular formula is C31H47O4P. The van der Waals surface area contributed by atoms with Gasteiger partial charge in [0.15, 0.2) is 0 Å². The Labute approximate surface area is 219 Å². The summed E-state index contributed by atoms with van der Waals surface area (Å²) in [5.41, 5.74) is 7.69. The molecule has 0 aromatic heterocycles. The van der Waals surface area contributed by atoms with Gasteiger partial charge in [0.2, 0.25) is 0 Å². The van der Waals surface area contributed by atoms with Gasteiger partial charge in [0.1, 0.15) is 11.5 Å². The van der Waals surface area contributed by atoms with E-state index in [1.165, 1.54) is 11.1 Å². The Morgan fingerprint density at radius 2 is 0.889 bits per heavy atom. The molecular weight excluding hydrogens is 467 g/mol. The molecule has 1 aliphatic heterocycles. The number of phosphoric ester groups is 1. The van der Waals surface area contributed by atoms with Crippen molar-refractivity contribution >= 4 is 7.82 Å². The van der Waals surface area contributed by atoms with Crippen LogP contribution in [0.2, 0.25) is 0 Å². The van der Waals surface area contributed by atoms with E-state index in [1.807, 2.05) is 0 Å². The molecule has 0 radical (unpaired) electrons. The highest BCUT2D eigenvalue weighted by Crippen LogP contribution is 2.56. The molecule has 0 saturated carbocycles. The third kappa shape index (κ3) is 5.41. The lowest BCUT2D eigenvalue weighted by Gasteiger charge is -2.36. The van der Waals surface area contributed by atoms with Gasteiger partial charge in [0.25, 0.3) is 0 Å². The summed E-state index contributed by atoms with van der Waals surface area (Å²) in [4.78, 5) is 11.1. The summed E-state index contributed by atoms with van der Waals surface area (Å²) in [6, 6.07) is 4.32. The Morgan fingerprint density at radius 3 is 1.14 bits per heavy atom. The molecule has 0 spiro atoms. The van der Waals surface area contributed by atoms with E-state index >= 15 is 0 Å². The fourth-order valence-electron chi connectivity index (χ4n) is 5.36. The van der Waals surface area contributed by atoms with Gasteiger partial charge in [-0.1, -0.05) is 95.2 Å². The summed E-state index contributed by atoms with van der Waals surface area (Å²) < 4.78 is 25.6. The average Bonchev–Trinajstić information content (AvgIpc) is 2.60. The number of fused-ring (bicyclic) bond motifs is 2. The summed E-state index contributed by atoms with van der Waals surface area (Å²) in [5.74, 6) is 0.977. The molecule has 0 fully saturated rings. The zero-order chi connectivity index (χ0) is 27.8. The van der Waals surface area contributed by atoms with Crippen LogP contribution < -0.4 is 9.05 Å². The van der Waals surface area contributed by atoms with Crippen LogP contribution in [0.25, 0.3) is 0 Å². The van der Waals surface area contributed by atoms with Crippen molar-refractivity contribution < 1.29 is 18.5 Å². The van der Waals surface area contributed by atoms with Crippen LogP contribution in [0.4, 0.5) is 0 Å². The number of hydrogen-bond acceptors (Lipinski definition) is 3. The zero-order valence-corrected chi connectivity index (χ0v) is 25.9. The van der Waals surface area contributed by atoms with Crippen molar-refractivity contribution in [3.8, 4) is 11.5 Å². The molecule has 0 amide bonds. The predicted molar refractivity (Wildman–Crippen MR) is 151 cm³/mol. The second kappa shape index (κ2) is 8.63. The molecule has 3 rings (SSSR count). The highest BCUT2D eigenvalue weighted by molar-refractivity contribution is 7.48. The summed E-state index contributed by atoms with van der Waals surface area (Å²) in [7, 11) is -4.47. The lowest BCUT2D eigenvalue weighted by molar-refractivity contribution is 0.281. The van der Waals surface area contributed by atoms with Crippen molar-refractivity contribution in [3.63, 3.8) is 0 Å². The van der Waals surface area contributed by atoms with Crippen molar-refractivity contribution in [1.29, 1.82) is 0 Å². The van der Waals surface area contributed by atoms with Gasteiger partial charge >= 0.3 is 7.82 Å². The van der Waals surface area contributed by atoms with E-state index in [-0.39, 0.29) is 21.7 Å². The minimum Gasteiger partial charge on any atom is -0.395 e. The SMILES string of the molecule is Cc1c(C(C)(C)C)cc(C(C)(C)C)c2c1Cc1c(C)c(C(C)(C)C)cc(C(C)(C)C)c1OP(=O)(O)O2. The van der Waals surface area contributed by atoms with Crippen LogP contribution in [0.1, 0.15) is 128 Å². The molecule has 0 saturated heterocycles. The van der Waals surface area contributed by atoms with Crippen molar-refractivity contribution in [2.24, 2.45) is 0 Å². The number of rotatable bonds is 0. The Kier molecular flexibility index (Phi) is 6.91. The van der Waals surface area contributed by atoms with Crippen LogP contribution in [-0.4, -0.2) is 4.89 Å². The molecule has 0 aliphatic carbocycles. The van der Waals surface area contributed by atoms with E-state index in [9.17, 15) is 9.46 Å². The van der Waals surface area contributed by atoms with Crippen molar-refractivity contribution in [3.05, 3.63) is 56.6 Å². The summed E-state index contributed by atoms with van der Waals surface area (Å²) in [5, 5.41) is 0. The van der Waals surface area contributed by atoms with Crippen LogP contribution in [0, 0.1) is 13.8 Å². The van der Waals surface area contributed by atoms with Gasteiger partial charge in [-0.05, 0) is 57.8 Å². The topological polar surface area (TPSA) is 55.8 Å². The summed E-state index contributed by atoms with van der Waals surface area (Å²) >= 11 is 0. The van der Waals surface area contributed by atoms with Crippen LogP contribution in [0.5, 0.6) is 11.5 Å². The van der Waals surface area contributed by atoms with Crippen LogP contribution in [-0.2, 0) is 32.6 Å². The first-order valence-electron chi connectivity index (χ1n) is 13.0. The van der Waals surface area contributed by atoms with E-state index in [4.69, 9.17) is 9.05 Å². The second-order valence-corrected chi connectivity index (χ2v) is 15.9. The molecule has 5 heteroatoms. The van der Waals surface area contributed by atoms with Gasteiger partial charge in [-0.25, -0.2) is 4.57 Å². The molecule has 2 aromatic carbocycles. The maximum atomic E-state index is 13.6. The molecule has 36 heavy (non-hydrogen) atoms. The van der Waals surface area contributed by atoms with Gasteiger partial charge in [-0.2, -0.15) is 0 Å². The van der Waals surface area contributed by atoms with Crippen molar-refractivity contribution in [1.82, 2.24) is 0 Å². The smallest absolute Gasteiger partial charge is 0.395 e. The van der Waals surface area contributed by atoms with Gasteiger partial charge in [-0.3, -0.25) is 4.89 Å². The van der Waals surface area contributed by atoms with E-state index < -0.39 is 7.82 Å². The van der Waals surface area contributed by atoms with E-state index in [2.05, 4.69) is 109 Å². The molecule has 1 N–H and O–H groups in total. The number of hydrogen-bond donors (Lipinski definition) is 1. The lowest BCUT2D eigenvalue weighted by atomic mass is 9.73. The van der Waals surface area contributed by atoms with Gasteiger partial charge in [0, 0.05) is 28.7 Å². The van der Waals surface area contributed by atoms with Gasteiger partial charge in [0.05, 0.1) is 0 Å². The average molecular weight is 515 g/mol. The van der Waals surface area contributed by atoms with Crippen molar-refractivity contribution in [2.75, 3.05) is 0 Å². The van der Waals surface area contributed by atoms with Crippen molar-refractivity contribution in [2.45, 2.75) is 125 Å². The van der Waals surface area contributed by atoms with E-state index in [0.29, 0.717) is 17.9 Å². The molecule has 2 aromatic rings. The molecule has 0 atom stereocenters. The van der Waals surface area contributed by atoms with E-state index in [1.54, 1.807) is 0 Å². The maximum Gasteiger partial charge on any atom is 0.584 e. The first-order valence-corrected chi connectivity index (χ1v) is 14.5. The number of phosphoric acid groups is 1. The Hall–Kier alpha value is -1.77. The summed E-state index contributed by atoms with van der Waals surface area (Å²) in [6.07, 6.45) is 0.572. The fraction of sp³-hybridized carbons (Fsp3) is 0.613. The Balaban J connectivity index is 2.56. The standard InChI is InChI=1S/C31H47O4P/c1-18-20-15-21-19(2)23(29(6,7)8)17-25(31(12,13)14)27(21)35-36(32,33)34-26(20)24(30(9,10)11)16-22(18)28(3,4)5/h16-17H,15H2,1-14H3,(H,32,33). The maximum absolute atomic E-state index is 13.6. The highest BCUT2D eigenvalue weighted by Gasteiger charge is 2.39. The first kappa shape index (κ1) is 28.8. The highest BCUT2D eigenvalue weighted by atomic mass is 31.2. The normalized spacial score (nSPS) is 16.3. The largest absolute Gasteiger partial charge is 0.584 e. The molecule has 0 unspecified atom stereocenters. The lowest BCUT2D eigenvalue weighted by Crippen LogP contribution is -2.24. The third-order valence-corrected chi connectivity index (χ3v) is 8.15. The minimum absolute atomic E-state index is 0.0946. The van der Waals surface area contributed by atoms with Crippen LogP contribution in [0.3, 0.4) is 0 Å². The zero-order valence-electron chi connectivity index (χ0n) is 25.0. The molecule has 0 bridgehead atoms. The predicted octanol–water partition coefficient (Wildman–Crippen LogP) is 8.96. The monoisotopic (exact) mass is 514 g/mol. The summed E-state index contributed by atoms with van der Waals surface area (Å²) in [6.45, 7) is 30.2. The van der Waals surface area contributed by atoms with Crippen LogP contribution in [0.15, 0.2) is 12.1 Å². The first-order chi connectivity index (χ1) is 15.9. The second-order valence-electron chi connectivity index (χ2n) is 14.6. The van der Waals surface area contributed by atoms with Gasteiger partial charge < -0.3 is 9.05 Å². The minimum atomic E-state index is -4.47. The molecule has 4 nitrogen and oxygen atoms in total. The third-order valence-electron chi connectivity index (χ3n) is 7.33. The van der Waals surface area contributed by atoms with Crippen LogP contribution >= 0.6 is 7.82 Å². The Morgan fingerprint density at radius 1 is 0.611 bits per heavy atom. The quantitative estimate of drug-likeness (QED) is 0.357.